The van der Waals surface area contributed by atoms with Gasteiger partial charge in [0.1, 0.15) is 5.52 Å². The zero-order valence-electron chi connectivity index (χ0n) is 24.0. The van der Waals surface area contributed by atoms with E-state index in [2.05, 4.69) is 4.98 Å². The molecule has 3 aromatic rings. The minimum Gasteiger partial charge on any atom is -0.435 e. The number of primary amides is 1. The van der Waals surface area contributed by atoms with Gasteiger partial charge >= 0.3 is 0 Å². The summed E-state index contributed by atoms with van der Waals surface area (Å²) in [6, 6.07) is 8.30. The third kappa shape index (κ3) is 3.73. The van der Waals surface area contributed by atoms with Crippen molar-refractivity contribution in [1.82, 2.24) is 9.88 Å². The number of carbonyl (C=O) groups is 5. The van der Waals surface area contributed by atoms with Gasteiger partial charge in [0, 0.05) is 31.3 Å². The Hall–Kier alpha value is -4.22. The van der Waals surface area contributed by atoms with Crippen molar-refractivity contribution in [2.24, 2.45) is 29.4 Å². The smallest absolute Gasteiger partial charge is 0.235 e. The van der Waals surface area contributed by atoms with E-state index < -0.39 is 64.4 Å². The number of nitrogens with two attached hydrogens (primary N) is 1. The van der Waals surface area contributed by atoms with E-state index in [1.54, 1.807) is 14.1 Å². The quantitative estimate of drug-likeness (QED) is 0.436. The van der Waals surface area contributed by atoms with Gasteiger partial charge in [-0.25, -0.2) is 4.98 Å². The van der Waals surface area contributed by atoms with E-state index in [9.17, 15) is 29.1 Å². The largest absolute Gasteiger partial charge is 0.435 e. The fraction of sp³-hybridized carbons (Fsp3) is 0.419. The van der Waals surface area contributed by atoms with Crippen LogP contribution in [-0.2, 0) is 25.6 Å². The number of anilines is 1. The van der Waals surface area contributed by atoms with Gasteiger partial charge in [-0.2, -0.15) is 0 Å². The Kier molecular flexibility index (Phi) is 6.25. The van der Waals surface area contributed by atoms with E-state index in [4.69, 9.17) is 10.2 Å². The van der Waals surface area contributed by atoms with Crippen LogP contribution in [0.25, 0.3) is 22.6 Å². The zero-order chi connectivity index (χ0) is 30.4. The van der Waals surface area contributed by atoms with Crippen LogP contribution in [0.15, 0.2) is 34.7 Å². The summed E-state index contributed by atoms with van der Waals surface area (Å²) >= 11 is 0. The first-order valence-corrected chi connectivity index (χ1v) is 13.8. The second kappa shape index (κ2) is 9.40. The highest BCUT2D eigenvalue weighted by molar-refractivity contribution is 6.32. The van der Waals surface area contributed by atoms with Crippen molar-refractivity contribution in [3.8, 4) is 11.5 Å². The van der Waals surface area contributed by atoms with Gasteiger partial charge in [0.2, 0.25) is 11.8 Å². The topological polar surface area (TPSA) is 164 Å². The fourth-order valence-corrected chi connectivity index (χ4v) is 7.26. The predicted molar refractivity (Wildman–Crippen MR) is 152 cm³/mol. The minimum absolute atomic E-state index is 0.0415. The van der Waals surface area contributed by atoms with Crippen LogP contribution in [0, 0.1) is 30.6 Å². The van der Waals surface area contributed by atoms with Crippen molar-refractivity contribution in [2.45, 2.75) is 31.4 Å². The molecule has 2 saturated carbocycles. The Labute approximate surface area is 241 Å². The lowest BCUT2D eigenvalue weighted by atomic mass is 9.52. The Morgan fingerprint density at radius 2 is 1.74 bits per heavy atom. The number of hydrogen-bond donors (Lipinski definition) is 2. The number of oxazole rings is 1. The molecule has 6 atom stereocenters. The molecule has 42 heavy (non-hydrogen) atoms. The molecule has 3 aliphatic carbocycles. The monoisotopic (exact) mass is 572 g/mol. The van der Waals surface area contributed by atoms with E-state index in [0.717, 1.165) is 11.3 Å². The Bertz CT molecular complexity index is 1710. The SMILES string of the molecule is Cc1ccc(-c2nc3cc(N(C)C)c4c(c3o2)C(=O)C2C(=O)[C@]3(O)C(=O)C(C(N)=O)C(=O)[C@@H](N(C)C)[C@@H]3C[C@@H]2C4)cc1. The van der Waals surface area contributed by atoms with Gasteiger partial charge in [-0.1, -0.05) is 17.7 Å². The highest BCUT2D eigenvalue weighted by Gasteiger charge is 2.69. The van der Waals surface area contributed by atoms with E-state index >= 15 is 0 Å². The fourth-order valence-electron chi connectivity index (χ4n) is 7.26. The second-order valence-electron chi connectivity index (χ2n) is 12.2. The van der Waals surface area contributed by atoms with Crippen molar-refractivity contribution in [1.29, 1.82) is 0 Å². The van der Waals surface area contributed by atoms with Crippen LogP contribution in [0.1, 0.15) is 27.9 Å². The summed E-state index contributed by atoms with van der Waals surface area (Å²) < 4.78 is 6.17. The summed E-state index contributed by atoms with van der Waals surface area (Å²) in [7, 11) is 6.83. The normalized spacial score (nSPS) is 29.0. The third-order valence-electron chi connectivity index (χ3n) is 9.20. The van der Waals surface area contributed by atoms with Gasteiger partial charge < -0.3 is 20.2 Å². The number of aromatic nitrogens is 1. The number of amides is 1. The molecule has 3 aliphatic rings. The number of likely N-dealkylation sites (N-methyl/N-ethyl adjacent to an activating group) is 1. The van der Waals surface area contributed by atoms with Crippen molar-refractivity contribution in [3.05, 3.63) is 47.0 Å². The number of nitrogens with zero attached hydrogens (tertiary/aromatic N) is 3. The number of fused-ring (bicyclic) bond motifs is 5. The van der Waals surface area contributed by atoms with Gasteiger partial charge in [0.15, 0.2) is 40.2 Å². The zero-order valence-corrected chi connectivity index (χ0v) is 24.0. The molecule has 218 valence electrons. The molecule has 0 radical (unpaired) electrons. The molecule has 11 nitrogen and oxygen atoms in total. The number of carbonyl (C=O) groups excluding carboxylic acids is 5. The molecule has 2 fully saturated rings. The summed E-state index contributed by atoms with van der Waals surface area (Å²) in [5.74, 6) is -9.60. The molecule has 0 saturated heterocycles. The molecule has 11 heteroatoms. The van der Waals surface area contributed by atoms with Crippen LogP contribution < -0.4 is 10.6 Å². The Morgan fingerprint density at radius 3 is 2.33 bits per heavy atom. The van der Waals surface area contributed by atoms with E-state index in [-0.39, 0.29) is 24.0 Å². The molecule has 3 N–H and O–H groups in total. The first-order chi connectivity index (χ1) is 19.8. The minimum atomic E-state index is -2.72. The van der Waals surface area contributed by atoms with Gasteiger partial charge in [0.05, 0.1) is 17.5 Å². The summed E-state index contributed by atoms with van der Waals surface area (Å²) in [4.78, 5) is 75.5. The van der Waals surface area contributed by atoms with Crippen LogP contribution in [0.4, 0.5) is 5.69 Å². The molecule has 1 heterocycles. The lowest BCUT2D eigenvalue weighted by Gasteiger charge is -2.52. The van der Waals surface area contributed by atoms with E-state index in [1.807, 2.05) is 56.3 Å². The second-order valence-corrected chi connectivity index (χ2v) is 12.2. The van der Waals surface area contributed by atoms with Gasteiger partial charge in [-0.15, -0.1) is 0 Å². The summed E-state index contributed by atoms with van der Waals surface area (Å²) in [6.07, 6.45) is 0.315. The summed E-state index contributed by atoms with van der Waals surface area (Å²) in [5.41, 5.74) is 6.72. The van der Waals surface area contributed by atoms with Crippen molar-refractivity contribution in [2.75, 3.05) is 33.1 Å². The maximum absolute atomic E-state index is 14.3. The molecule has 6 rings (SSSR count). The predicted octanol–water partition coefficient (Wildman–Crippen LogP) is 1.34. The summed E-state index contributed by atoms with van der Waals surface area (Å²) in [5, 5.41) is 11.8. The third-order valence-corrected chi connectivity index (χ3v) is 9.20. The first kappa shape index (κ1) is 27.9. The highest BCUT2D eigenvalue weighted by atomic mass is 16.3. The Balaban J connectivity index is 1.52. The lowest BCUT2D eigenvalue weighted by molar-refractivity contribution is -0.181. The molecule has 0 bridgehead atoms. The van der Waals surface area contributed by atoms with Crippen LogP contribution in [0.3, 0.4) is 0 Å². The average molecular weight is 573 g/mol. The number of rotatable bonds is 4. The molecule has 2 unspecified atom stereocenters. The number of hydrogen-bond acceptors (Lipinski definition) is 10. The molecule has 1 aromatic heterocycles. The van der Waals surface area contributed by atoms with Crippen LogP contribution in [0.5, 0.6) is 0 Å². The van der Waals surface area contributed by atoms with Gasteiger partial charge in [-0.3, -0.25) is 28.9 Å². The lowest BCUT2D eigenvalue weighted by Crippen LogP contribution is -2.74. The number of aliphatic hydroxyl groups is 1. The molecule has 2 aromatic carbocycles. The number of aryl methyl sites for hydroxylation is 1. The highest BCUT2D eigenvalue weighted by Crippen LogP contribution is 2.51. The molecular weight excluding hydrogens is 540 g/mol. The number of Topliss-reactive ketones (excluding diaryl/α,β-unsaturated/α-hetero) is 4. The number of ketones is 4. The van der Waals surface area contributed by atoms with E-state index in [1.165, 1.54) is 4.90 Å². The van der Waals surface area contributed by atoms with Crippen LogP contribution in [0.2, 0.25) is 0 Å². The van der Waals surface area contributed by atoms with Gasteiger partial charge in [-0.05, 0) is 63.5 Å². The molecular formula is C31H32N4O7. The van der Waals surface area contributed by atoms with E-state index in [0.29, 0.717) is 22.5 Å². The molecule has 1 amide bonds. The standard InChI is InChI=1S/C31H32N4O7/c1-13-6-8-14(9-7-13)30-33-18-12-19(34(2)3)16-10-15-11-17-23(35(4)5)25(37)22(29(32)40)28(39)31(17,41)27(38)20(15)24(36)21(16)26(18)42-30/h6-9,12,15,17,20,22-23,41H,10-11H2,1-5H3,(H2,32,40)/t15-,17-,20?,22?,23-,31-/m0/s1. The number of benzene rings is 2. The van der Waals surface area contributed by atoms with Crippen molar-refractivity contribution < 1.29 is 33.5 Å². The van der Waals surface area contributed by atoms with Crippen molar-refractivity contribution >= 4 is 45.8 Å². The van der Waals surface area contributed by atoms with Crippen molar-refractivity contribution in [3.63, 3.8) is 0 Å². The van der Waals surface area contributed by atoms with Gasteiger partial charge in [0.25, 0.3) is 0 Å². The molecule has 0 aliphatic heterocycles. The first-order valence-electron chi connectivity index (χ1n) is 13.8. The maximum Gasteiger partial charge on any atom is 0.235 e. The van der Waals surface area contributed by atoms with Crippen LogP contribution >= 0.6 is 0 Å². The average Bonchev–Trinajstić information content (AvgIpc) is 3.34. The van der Waals surface area contributed by atoms with Crippen LogP contribution in [-0.4, -0.2) is 83.9 Å². The maximum atomic E-state index is 14.3. The summed E-state index contributed by atoms with van der Waals surface area (Å²) in [6.45, 7) is 1.96. The Morgan fingerprint density at radius 1 is 1.07 bits per heavy atom. The molecule has 0 spiro atoms.